The molecule has 1 aromatic rings. The summed E-state index contributed by atoms with van der Waals surface area (Å²) in [6, 6.07) is 3.87. The molecule has 1 aromatic heterocycles. The van der Waals surface area contributed by atoms with Gasteiger partial charge in [0.1, 0.15) is 6.10 Å². The molecule has 0 N–H and O–H groups in total. The fourth-order valence-electron chi connectivity index (χ4n) is 1.48. The highest BCUT2D eigenvalue weighted by atomic mass is 32.1. The highest BCUT2D eigenvalue weighted by Gasteiger charge is 2.20. The molecule has 3 heteroatoms. The summed E-state index contributed by atoms with van der Waals surface area (Å²) in [5.41, 5.74) is 0. The third-order valence-corrected chi connectivity index (χ3v) is 3.21. The lowest BCUT2D eigenvalue weighted by molar-refractivity contribution is 0.0427. The summed E-state index contributed by atoms with van der Waals surface area (Å²) in [6.07, 6.45) is 1.53. The average molecular weight is 226 g/mol. The van der Waals surface area contributed by atoms with Gasteiger partial charge >= 0.3 is 0 Å². The molecule has 0 radical (unpaired) electrons. The van der Waals surface area contributed by atoms with Gasteiger partial charge in [-0.25, -0.2) is 0 Å². The van der Waals surface area contributed by atoms with E-state index in [1.807, 2.05) is 26.0 Å². The molecule has 1 unspecified atom stereocenters. The van der Waals surface area contributed by atoms with E-state index in [-0.39, 0.29) is 11.9 Å². The van der Waals surface area contributed by atoms with Crippen molar-refractivity contribution in [3.05, 3.63) is 21.9 Å². The predicted octanol–water partition coefficient (Wildman–Crippen LogP) is 3.44. The van der Waals surface area contributed by atoms with Crippen LogP contribution in [-0.2, 0) is 4.74 Å². The Hall–Kier alpha value is -0.670. The number of carbonyl (C=O) groups excluding carboxylic acids is 1. The van der Waals surface area contributed by atoms with Gasteiger partial charge in [-0.15, -0.1) is 11.3 Å². The van der Waals surface area contributed by atoms with Gasteiger partial charge in [-0.2, -0.15) is 0 Å². The molecule has 0 saturated carbocycles. The summed E-state index contributed by atoms with van der Waals surface area (Å²) in [5.74, 6) is 0.136. The van der Waals surface area contributed by atoms with Crippen LogP contribution in [0.15, 0.2) is 12.1 Å². The zero-order valence-electron chi connectivity index (χ0n) is 9.58. The van der Waals surface area contributed by atoms with Gasteiger partial charge in [-0.3, -0.25) is 4.79 Å². The molecule has 0 aromatic carbocycles. The molecule has 1 atom stereocenters. The highest BCUT2D eigenvalue weighted by Crippen LogP contribution is 2.19. The lowest BCUT2D eigenvalue weighted by atomic mass is 10.1. The quantitative estimate of drug-likeness (QED) is 0.694. The van der Waals surface area contributed by atoms with Gasteiger partial charge in [-0.1, -0.05) is 13.3 Å². The van der Waals surface area contributed by atoms with E-state index >= 15 is 0 Å². The van der Waals surface area contributed by atoms with E-state index < -0.39 is 0 Å². The van der Waals surface area contributed by atoms with Crippen LogP contribution in [0.3, 0.4) is 0 Å². The Kier molecular flexibility index (Phi) is 4.99. The van der Waals surface area contributed by atoms with Crippen molar-refractivity contribution in [3.63, 3.8) is 0 Å². The summed E-state index contributed by atoms with van der Waals surface area (Å²) in [6.45, 7) is 6.60. The smallest absolute Gasteiger partial charge is 0.201 e. The Morgan fingerprint density at radius 2 is 2.20 bits per heavy atom. The maximum absolute atomic E-state index is 12.0. The number of Topliss-reactive ketones (excluding diaryl/α,β-unsaturated/α-hetero) is 1. The number of ether oxygens (including phenoxy) is 1. The SMILES string of the molecule is CCCC(OCC)C(=O)c1ccc(C)s1. The van der Waals surface area contributed by atoms with Crippen LogP contribution >= 0.6 is 11.3 Å². The van der Waals surface area contributed by atoms with E-state index in [4.69, 9.17) is 4.74 Å². The van der Waals surface area contributed by atoms with Crippen LogP contribution in [0.2, 0.25) is 0 Å². The van der Waals surface area contributed by atoms with Crippen LogP contribution in [0, 0.1) is 6.92 Å². The molecule has 84 valence electrons. The van der Waals surface area contributed by atoms with E-state index in [0.29, 0.717) is 6.61 Å². The minimum absolute atomic E-state index is 0.136. The molecular weight excluding hydrogens is 208 g/mol. The second-order valence-electron chi connectivity index (χ2n) is 3.51. The number of thiophene rings is 1. The minimum atomic E-state index is -0.252. The summed E-state index contributed by atoms with van der Waals surface area (Å²) >= 11 is 1.55. The molecule has 0 bridgehead atoms. The lowest BCUT2D eigenvalue weighted by Gasteiger charge is -2.13. The molecule has 0 aliphatic carbocycles. The van der Waals surface area contributed by atoms with Gasteiger partial charge < -0.3 is 4.74 Å². The van der Waals surface area contributed by atoms with Crippen LogP contribution in [0.25, 0.3) is 0 Å². The van der Waals surface area contributed by atoms with Crippen LogP contribution in [0.4, 0.5) is 0 Å². The fourth-order valence-corrected chi connectivity index (χ4v) is 2.33. The van der Waals surface area contributed by atoms with E-state index in [2.05, 4.69) is 6.92 Å². The van der Waals surface area contributed by atoms with Crippen LogP contribution < -0.4 is 0 Å². The molecular formula is C12H18O2S. The van der Waals surface area contributed by atoms with E-state index in [1.54, 1.807) is 11.3 Å². The predicted molar refractivity (Wildman–Crippen MR) is 63.7 cm³/mol. The van der Waals surface area contributed by atoms with Crippen molar-refractivity contribution in [3.8, 4) is 0 Å². The highest BCUT2D eigenvalue weighted by molar-refractivity contribution is 7.14. The maximum atomic E-state index is 12.0. The topological polar surface area (TPSA) is 26.3 Å². The number of rotatable bonds is 6. The summed E-state index contributed by atoms with van der Waals surface area (Å²) in [7, 11) is 0. The number of hydrogen-bond acceptors (Lipinski definition) is 3. The molecule has 0 aliphatic heterocycles. The molecule has 1 heterocycles. The zero-order valence-corrected chi connectivity index (χ0v) is 10.4. The molecule has 0 aliphatic rings. The fraction of sp³-hybridized carbons (Fsp3) is 0.583. The number of aryl methyl sites for hydroxylation is 1. The lowest BCUT2D eigenvalue weighted by Crippen LogP contribution is -2.23. The first kappa shape index (κ1) is 12.4. The summed E-state index contributed by atoms with van der Waals surface area (Å²) in [4.78, 5) is 14.0. The standard InChI is InChI=1S/C12H18O2S/c1-4-6-10(14-5-2)12(13)11-8-7-9(3)15-11/h7-8,10H,4-6H2,1-3H3. The third kappa shape index (κ3) is 3.43. The molecule has 15 heavy (non-hydrogen) atoms. The molecule has 0 spiro atoms. The van der Waals surface area contributed by atoms with Gasteiger partial charge in [0.25, 0.3) is 0 Å². The monoisotopic (exact) mass is 226 g/mol. The maximum Gasteiger partial charge on any atom is 0.201 e. The third-order valence-electron chi connectivity index (χ3n) is 2.19. The molecule has 0 fully saturated rings. The zero-order chi connectivity index (χ0) is 11.3. The first-order chi connectivity index (χ1) is 7.19. The normalized spacial score (nSPS) is 12.7. The second kappa shape index (κ2) is 6.03. The summed E-state index contributed by atoms with van der Waals surface area (Å²) in [5, 5.41) is 0. The first-order valence-electron chi connectivity index (χ1n) is 5.41. The summed E-state index contributed by atoms with van der Waals surface area (Å²) < 4.78 is 5.46. The Balaban J connectivity index is 2.71. The largest absolute Gasteiger partial charge is 0.370 e. The Morgan fingerprint density at radius 3 is 2.67 bits per heavy atom. The van der Waals surface area contributed by atoms with Crippen molar-refractivity contribution < 1.29 is 9.53 Å². The number of carbonyl (C=O) groups is 1. The van der Waals surface area contributed by atoms with Crippen molar-refractivity contribution in [2.75, 3.05) is 6.61 Å². The molecule has 2 nitrogen and oxygen atoms in total. The van der Waals surface area contributed by atoms with Crippen LogP contribution in [0.1, 0.15) is 41.2 Å². The number of ketones is 1. The average Bonchev–Trinajstić information content (AvgIpc) is 2.63. The van der Waals surface area contributed by atoms with E-state index in [0.717, 1.165) is 17.7 Å². The molecule has 0 amide bonds. The van der Waals surface area contributed by atoms with Gasteiger partial charge in [0.05, 0.1) is 4.88 Å². The van der Waals surface area contributed by atoms with Crippen molar-refractivity contribution in [2.24, 2.45) is 0 Å². The van der Waals surface area contributed by atoms with Gasteiger partial charge in [0.15, 0.2) is 0 Å². The Bertz CT molecular complexity index is 311. The van der Waals surface area contributed by atoms with Crippen LogP contribution in [-0.4, -0.2) is 18.5 Å². The van der Waals surface area contributed by atoms with E-state index in [9.17, 15) is 4.79 Å². The van der Waals surface area contributed by atoms with Crippen molar-refractivity contribution in [1.82, 2.24) is 0 Å². The van der Waals surface area contributed by atoms with Crippen molar-refractivity contribution in [1.29, 1.82) is 0 Å². The Labute approximate surface area is 95.3 Å². The first-order valence-corrected chi connectivity index (χ1v) is 6.23. The van der Waals surface area contributed by atoms with Gasteiger partial charge in [0.2, 0.25) is 5.78 Å². The molecule has 1 rings (SSSR count). The Morgan fingerprint density at radius 1 is 1.47 bits per heavy atom. The second-order valence-corrected chi connectivity index (χ2v) is 4.80. The van der Waals surface area contributed by atoms with Crippen molar-refractivity contribution in [2.45, 2.75) is 39.7 Å². The minimum Gasteiger partial charge on any atom is -0.370 e. The van der Waals surface area contributed by atoms with Gasteiger partial charge in [0, 0.05) is 11.5 Å². The van der Waals surface area contributed by atoms with E-state index in [1.165, 1.54) is 4.88 Å². The molecule has 0 saturated heterocycles. The van der Waals surface area contributed by atoms with Crippen molar-refractivity contribution >= 4 is 17.1 Å². The number of hydrogen-bond donors (Lipinski definition) is 0. The van der Waals surface area contributed by atoms with Crippen LogP contribution in [0.5, 0.6) is 0 Å². The van der Waals surface area contributed by atoms with Gasteiger partial charge in [-0.05, 0) is 32.4 Å².